The van der Waals surface area contributed by atoms with E-state index in [0.717, 1.165) is 28.3 Å². The third kappa shape index (κ3) is 5.44. The van der Waals surface area contributed by atoms with Gasteiger partial charge in [0.1, 0.15) is 0 Å². The molecule has 2 N–H and O–H groups in total. The molecule has 0 unspecified atom stereocenters. The molecule has 4 aromatic carbocycles. The lowest BCUT2D eigenvalue weighted by atomic mass is 10.1. The van der Waals surface area contributed by atoms with Crippen LogP contribution in [0.5, 0.6) is 5.88 Å². The summed E-state index contributed by atoms with van der Waals surface area (Å²) in [6, 6.07) is 22.8. The monoisotopic (exact) mass is 577 g/mol. The highest BCUT2D eigenvalue weighted by Crippen LogP contribution is 2.32. The summed E-state index contributed by atoms with van der Waals surface area (Å²) in [5, 5.41) is 15.7. The van der Waals surface area contributed by atoms with Crippen LogP contribution in [0.3, 0.4) is 0 Å². The molecule has 11 heteroatoms. The zero-order valence-corrected chi connectivity index (χ0v) is 22.2. The van der Waals surface area contributed by atoms with Gasteiger partial charge in [-0.3, -0.25) is 10.2 Å². The van der Waals surface area contributed by atoms with Gasteiger partial charge in [0.15, 0.2) is 0 Å². The number of pyridine rings is 1. The van der Waals surface area contributed by atoms with E-state index in [0.29, 0.717) is 11.1 Å². The lowest BCUT2D eigenvalue weighted by molar-refractivity contribution is -0.137. The van der Waals surface area contributed by atoms with Crippen molar-refractivity contribution in [3.8, 4) is 11.6 Å². The van der Waals surface area contributed by atoms with Gasteiger partial charge in [0, 0.05) is 10.8 Å². The molecule has 208 valence electrons. The number of hydrogen-bond donors (Lipinski definition) is 2. The highest BCUT2D eigenvalue weighted by molar-refractivity contribution is 7.91. The van der Waals surface area contributed by atoms with Gasteiger partial charge < -0.3 is 5.11 Å². The van der Waals surface area contributed by atoms with E-state index in [9.17, 15) is 31.5 Å². The van der Waals surface area contributed by atoms with E-state index in [2.05, 4.69) is 10.5 Å². The molecule has 41 heavy (non-hydrogen) atoms. The van der Waals surface area contributed by atoms with E-state index in [4.69, 9.17) is 0 Å². The largest absolute Gasteiger partial charge is 0.494 e. The van der Waals surface area contributed by atoms with Crippen molar-refractivity contribution in [1.29, 1.82) is 0 Å². The molecule has 0 atom stereocenters. The summed E-state index contributed by atoms with van der Waals surface area (Å²) in [5.41, 5.74) is 2.35. The van der Waals surface area contributed by atoms with Gasteiger partial charge in [-0.1, -0.05) is 42.0 Å². The summed E-state index contributed by atoms with van der Waals surface area (Å²) in [5.74, 6) is -0.599. The van der Waals surface area contributed by atoms with Crippen molar-refractivity contribution in [2.45, 2.75) is 22.9 Å². The molecule has 0 bridgehead atoms. The zero-order valence-electron chi connectivity index (χ0n) is 21.4. The SMILES string of the molecule is Cc1ccc(S(=O)(=O)c2ccc(N/N=C/c3c(O)n(-c4cccc(C(F)(F)F)c4)c(=O)c4ccccc34)cc2)cc1. The van der Waals surface area contributed by atoms with Crippen LogP contribution < -0.4 is 11.0 Å². The second-order valence-corrected chi connectivity index (χ2v) is 11.1. The molecule has 0 saturated carbocycles. The maximum Gasteiger partial charge on any atom is 0.416 e. The third-order valence-corrected chi connectivity index (χ3v) is 8.20. The number of halogens is 3. The number of nitrogens with one attached hydrogen (secondary N) is 1. The van der Waals surface area contributed by atoms with E-state index in [-0.39, 0.29) is 26.4 Å². The highest BCUT2D eigenvalue weighted by Gasteiger charge is 2.31. The standard InChI is InChI=1S/C30H22F3N3O4S/c1-19-9-13-23(14-10-19)41(39,40)24-15-11-21(12-16-24)35-34-18-27-25-7-2-3-8-26(25)28(37)36(29(27)38)22-6-4-5-20(17-22)30(31,32)33/h2-18,35,38H,1H3/b34-18+. The first-order chi connectivity index (χ1) is 19.5. The molecule has 1 heterocycles. The number of aryl methyl sites for hydroxylation is 1. The summed E-state index contributed by atoms with van der Waals surface area (Å²) >= 11 is 0. The fourth-order valence-corrected chi connectivity index (χ4v) is 5.54. The van der Waals surface area contributed by atoms with Crippen molar-refractivity contribution >= 4 is 32.5 Å². The molecular weight excluding hydrogens is 555 g/mol. The molecule has 7 nitrogen and oxygen atoms in total. The maximum absolute atomic E-state index is 13.3. The molecule has 0 aliphatic carbocycles. The van der Waals surface area contributed by atoms with Crippen LogP contribution in [0, 0.1) is 6.92 Å². The van der Waals surface area contributed by atoms with Crippen molar-refractivity contribution in [3.63, 3.8) is 0 Å². The number of anilines is 1. The topological polar surface area (TPSA) is 101 Å². The lowest BCUT2D eigenvalue weighted by Gasteiger charge is -2.15. The van der Waals surface area contributed by atoms with Gasteiger partial charge in [0.05, 0.1) is 38.5 Å². The Morgan fingerprint density at radius 3 is 2.10 bits per heavy atom. The Labute approximate surface area is 232 Å². The minimum absolute atomic E-state index is 0.0867. The van der Waals surface area contributed by atoms with Gasteiger partial charge in [0.2, 0.25) is 15.7 Å². The molecule has 0 spiro atoms. The quantitative estimate of drug-likeness (QED) is 0.182. The Morgan fingerprint density at radius 2 is 1.46 bits per heavy atom. The summed E-state index contributed by atoms with van der Waals surface area (Å²) in [4.78, 5) is 13.5. The molecule has 5 aromatic rings. The Bertz CT molecular complexity index is 1950. The van der Waals surface area contributed by atoms with Crippen LogP contribution >= 0.6 is 0 Å². The van der Waals surface area contributed by atoms with Crippen molar-refractivity contribution in [1.82, 2.24) is 4.57 Å². The predicted molar refractivity (Wildman–Crippen MR) is 151 cm³/mol. The van der Waals surface area contributed by atoms with Crippen LogP contribution in [0.1, 0.15) is 16.7 Å². The van der Waals surface area contributed by atoms with Crippen LogP contribution in [0.4, 0.5) is 18.9 Å². The molecule has 0 aliphatic heterocycles. The van der Waals surface area contributed by atoms with Gasteiger partial charge in [-0.15, -0.1) is 0 Å². The summed E-state index contributed by atoms with van der Waals surface area (Å²) < 4.78 is 66.6. The normalized spacial score (nSPS) is 12.2. The Balaban J connectivity index is 1.48. The van der Waals surface area contributed by atoms with Gasteiger partial charge in [-0.2, -0.15) is 18.3 Å². The van der Waals surface area contributed by atoms with Crippen LogP contribution in [-0.4, -0.2) is 24.3 Å². The van der Waals surface area contributed by atoms with Crippen molar-refractivity contribution in [2.24, 2.45) is 5.10 Å². The summed E-state index contributed by atoms with van der Waals surface area (Å²) in [6.07, 6.45) is -3.41. The summed E-state index contributed by atoms with van der Waals surface area (Å²) in [7, 11) is -3.72. The van der Waals surface area contributed by atoms with Crippen LogP contribution in [0.2, 0.25) is 0 Å². The Hall–Kier alpha value is -4.90. The second-order valence-electron chi connectivity index (χ2n) is 9.18. The van der Waals surface area contributed by atoms with E-state index < -0.39 is 33.0 Å². The maximum atomic E-state index is 13.3. The first-order valence-corrected chi connectivity index (χ1v) is 13.7. The average molecular weight is 578 g/mol. The molecule has 5 rings (SSSR count). The average Bonchev–Trinajstić information content (AvgIpc) is 2.95. The second kappa shape index (κ2) is 10.6. The number of alkyl halides is 3. The number of sulfone groups is 1. The number of rotatable bonds is 6. The first-order valence-electron chi connectivity index (χ1n) is 12.2. The number of aromatic nitrogens is 1. The fraction of sp³-hybridized carbons (Fsp3) is 0.0667. The number of hydrazone groups is 1. The Morgan fingerprint density at radius 1 is 0.854 bits per heavy atom. The van der Waals surface area contributed by atoms with Crippen LogP contribution in [-0.2, 0) is 16.0 Å². The minimum atomic E-state index is -4.64. The van der Waals surface area contributed by atoms with Gasteiger partial charge in [-0.05, 0) is 67.6 Å². The van der Waals surface area contributed by atoms with Crippen molar-refractivity contribution in [2.75, 3.05) is 5.43 Å². The van der Waals surface area contributed by atoms with Gasteiger partial charge in [-0.25, -0.2) is 13.0 Å². The van der Waals surface area contributed by atoms with Crippen LogP contribution in [0.25, 0.3) is 16.5 Å². The number of hydrogen-bond acceptors (Lipinski definition) is 6. The van der Waals surface area contributed by atoms with Gasteiger partial charge >= 0.3 is 6.18 Å². The van der Waals surface area contributed by atoms with Gasteiger partial charge in [0.25, 0.3) is 5.56 Å². The molecule has 0 saturated heterocycles. The third-order valence-electron chi connectivity index (χ3n) is 6.42. The van der Waals surface area contributed by atoms with Crippen LogP contribution in [0.15, 0.2) is 117 Å². The fourth-order valence-electron chi connectivity index (χ4n) is 4.28. The van der Waals surface area contributed by atoms with E-state index >= 15 is 0 Å². The molecule has 0 amide bonds. The number of aromatic hydroxyl groups is 1. The molecular formula is C30H22F3N3O4S. The number of benzene rings is 4. The number of fused-ring (bicyclic) bond motifs is 1. The molecule has 0 aliphatic rings. The first kappa shape index (κ1) is 27.7. The van der Waals surface area contributed by atoms with E-state index in [1.165, 1.54) is 54.7 Å². The highest BCUT2D eigenvalue weighted by atomic mass is 32.2. The minimum Gasteiger partial charge on any atom is -0.494 e. The molecule has 0 fully saturated rings. The smallest absolute Gasteiger partial charge is 0.416 e. The molecule has 0 radical (unpaired) electrons. The number of nitrogens with zero attached hydrogens (tertiary/aromatic N) is 2. The van der Waals surface area contributed by atoms with E-state index in [1.807, 2.05) is 6.92 Å². The summed E-state index contributed by atoms with van der Waals surface area (Å²) in [6.45, 7) is 1.86. The lowest BCUT2D eigenvalue weighted by Crippen LogP contribution is -2.20. The zero-order chi connectivity index (χ0) is 29.4. The van der Waals surface area contributed by atoms with E-state index in [1.54, 1.807) is 30.3 Å². The Kier molecular flexibility index (Phi) is 7.14. The van der Waals surface area contributed by atoms with Crippen molar-refractivity contribution in [3.05, 3.63) is 124 Å². The molecule has 1 aromatic heterocycles. The predicted octanol–water partition coefficient (Wildman–Crippen LogP) is 6.30. The van der Waals surface area contributed by atoms with Crippen molar-refractivity contribution < 1.29 is 26.7 Å².